The van der Waals surface area contributed by atoms with Gasteiger partial charge in [0.15, 0.2) is 17.4 Å². The molecule has 1 amide bonds. The molecule has 1 heterocycles. The molecule has 0 spiro atoms. The number of benzene rings is 2. The predicted octanol–water partition coefficient (Wildman–Crippen LogP) is 4.27. The SMILES string of the molecule is CCCC[N+](C=O)(CCO)Oc1ccc(-c2ncnc(-c3ccc(C(C)(C)C)cc3)n2)c(O)c1. The lowest BCUT2D eigenvalue weighted by molar-refractivity contribution is -1.01. The zero-order chi connectivity index (χ0) is 24.8. The van der Waals surface area contributed by atoms with Crippen molar-refractivity contribution in [2.24, 2.45) is 0 Å². The molecule has 34 heavy (non-hydrogen) atoms. The van der Waals surface area contributed by atoms with Crippen molar-refractivity contribution in [1.82, 2.24) is 15.0 Å². The van der Waals surface area contributed by atoms with Gasteiger partial charge in [0.25, 0.3) is 0 Å². The number of phenols is 1. The van der Waals surface area contributed by atoms with E-state index >= 15 is 0 Å². The molecule has 0 saturated heterocycles. The van der Waals surface area contributed by atoms with Crippen LogP contribution in [0.25, 0.3) is 22.8 Å². The number of aromatic nitrogens is 3. The first-order valence-corrected chi connectivity index (χ1v) is 11.5. The van der Waals surface area contributed by atoms with Crippen molar-refractivity contribution < 1.29 is 24.5 Å². The summed E-state index contributed by atoms with van der Waals surface area (Å²) in [5, 5.41) is 20.1. The van der Waals surface area contributed by atoms with E-state index in [1.54, 1.807) is 12.1 Å². The quantitative estimate of drug-likeness (QED) is 0.262. The number of hydroxylamine groups is 3. The monoisotopic (exact) mass is 465 g/mol. The molecule has 0 aliphatic carbocycles. The molecule has 0 saturated carbocycles. The van der Waals surface area contributed by atoms with Gasteiger partial charge in [-0.25, -0.2) is 19.7 Å². The van der Waals surface area contributed by atoms with Crippen molar-refractivity contribution in [1.29, 1.82) is 0 Å². The summed E-state index contributed by atoms with van der Waals surface area (Å²) < 4.78 is -0.371. The zero-order valence-corrected chi connectivity index (χ0v) is 20.2. The molecular weight excluding hydrogens is 432 g/mol. The normalized spacial score (nSPS) is 13.3. The molecule has 0 bridgehead atoms. The van der Waals surface area contributed by atoms with Crippen LogP contribution < -0.4 is 4.84 Å². The first kappa shape index (κ1) is 25.3. The minimum Gasteiger partial charge on any atom is -0.507 e. The van der Waals surface area contributed by atoms with Gasteiger partial charge in [-0.05, 0) is 23.1 Å². The lowest BCUT2D eigenvalue weighted by atomic mass is 9.87. The maximum Gasteiger partial charge on any atom is 0.342 e. The van der Waals surface area contributed by atoms with Crippen LogP contribution in [-0.4, -0.2) is 55.9 Å². The van der Waals surface area contributed by atoms with E-state index in [9.17, 15) is 15.0 Å². The Morgan fingerprint density at radius 1 is 1.03 bits per heavy atom. The highest BCUT2D eigenvalue weighted by molar-refractivity contribution is 5.67. The maximum absolute atomic E-state index is 11.8. The molecule has 1 atom stereocenters. The first-order valence-electron chi connectivity index (χ1n) is 11.5. The number of carbonyl (C=O) groups is 1. The minimum atomic E-state index is -0.371. The third-order valence-electron chi connectivity index (χ3n) is 5.64. The van der Waals surface area contributed by atoms with E-state index in [0.717, 1.165) is 18.4 Å². The summed E-state index contributed by atoms with van der Waals surface area (Å²) in [6.45, 7) is 8.84. The standard InChI is InChI=1S/C26H32N4O4/c1-5-6-13-30(18-32,14-15-31)34-21-11-12-22(23(33)16-21)25-28-17-27-24(29-25)19-7-9-20(10-8-19)26(2,3)4/h7-12,16-18,31H,5-6,13-15H2,1-4H3/p+1. The molecule has 0 radical (unpaired) electrons. The average molecular weight is 466 g/mol. The highest BCUT2D eigenvalue weighted by atomic mass is 16.7. The Hall–Kier alpha value is -3.36. The smallest absolute Gasteiger partial charge is 0.342 e. The number of unbranched alkanes of at least 4 members (excludes halogenated alkanes) is 1. The Morgan fingerprint density at radius 2 is 1.74 bits per heavy atom. The summed E-state index contributed by atoms with van der Waals surface area (Å²) in [6, 6.07) is 12.8. The van der Waals surface area contributed by atoms with Crippen LogP contribution in [0.4, 0.5) is 0 Å². The lowest BCUT2D eigenvalue weighted by Gasteiger charge is -2.28. The van der Waals surface area contributed by atoms with E-state index in [1.807, 2.05) is 19.1 Å². The number of hydrogen-bond acceptors (Lipinski definition) is 7. The van der Waals surface area contributed by atoms with Crippen molar-refractivity contribution in [2.45, 2.75) is 46.0 Å². The Bertz CT molecular complexity index is 1110. The average Bonchev–Trinajstić information content (AvgIpc) is 2.82. The van der Waals surface area contributed by atoms with Crippen LogP contribution in [0, 0.1) is 0 Å². The third kappa shape index (κ3) is 5.95. The van der Waals surface area contributed by atoms with E-state index in [1.165, 1.54) is 18.0 Å². The van der Waals surface area contributed by atoms with Gasteiger partial charge in [0, 0.05) is 18.1 Å². The molecule has 8 nitrogen and oxygen atoms in total. The van der Waals surface area contributed by atoms with Gasteiger partial charge in [0.2, 0.25) is 0 Å². The van der Waals surface area contributed by atoms with Gasteiger partial charge in [-0.2, -0.15) is 0 Å². The number of amides is 1. The minimum absolute atomic E-state index is 0.0479. The summed E-state index contributed by atoms with van der Waals surface area (Å²) in [5.74, 6) is 1.06. The fourth-order valence-corrected chi connectivity index (χ4v) is 3.58. The number of rotatable bonds is 10. The van der Waals surface area contributed by atoms with E-state index < -0.39 is 0 Å². The third-order valence-corrected chi connectivity index (χ3v) is 5.64. The molecule has 0 fully saturated rings. The molecule has 0 aliphatic rings. The Kier molecular flexibility index (Phi) is 7.96. The molecule has 3 rings (SSSR count). The number of carbonyl (C=O) groups excluding carboxylic acids is 1. The fourth-order valence-electron chi connectivity index (χ4n) is 3.58. The number of aromatic hydroxyl groups is 1. The largest absolute Gasteiger partial charge is 0.507 e. The summed E-state index contributed by atoms with van der Waals surface area (Å²) in [4.78, 5) is 30.7. The number of nitrogens with zero attached hydrogens (tertiary/aromatic N) is 4. The lowest BCUT2D eigenvalue weighted by Crippen LogP contribution is -2.52. The highest BCUT2D eigenvalue weighted by Crippen LogP contribution is 2.32. The van der Waals surface area contributed by atoms with Crippen LogP contribution in [0.15, 0.2) is 48.8 Å². The van der Waals surface area contributed by atoms with Gasteiger partial charge in [0.1, 0.15) is 25.2 Å². The molecule has 180 valence electrons. The van der Waals surface area contributed by atoms with Gasteiger partial charge >= 0.3 is 6.41 Å². The maximum atomic E-state index is 11.8. The van der Waals surface area contributed by atoms with Gasteiger partial charge in [0.05, 0.1) is 12.2 Å². The second kappa shape index (κ2) is 10.7. The highest BCUT2D eigenvalue weighted by Gasteiger charge is 2.30. The molecule has 2 N–H and O–H groups in total. The number of phenolic OH excluding ortho intramolecular Hbond substituents is 1. The number of hydrogen-bond donors (Lipinski definition) is 2. The molecule has 8 heteroatoms. The molecule has 2 aromatic carbocycles. The van der Waals surface area contributed by atoms with Crippen molar-refractivity contribution in [2.75, 3.05) is 19.7 Å². The second-order valence-electron chi connectivity index (χ2n) is 9.31. The van der Waals surface area contributed by atoms with E-state index in [-0.39, 0.29) is 29.0 Å². The first-order chi connectivity index (χ1) is 16.2. The molecular formula is C26H33N4O4+. The van der Waals surface area contributed by atoms with Crippen LogP contribution in [-0.2, 0) is 10.2 Å². The van der Waals surface area contributed by atoms with Crippen LogP contribution >= 0.6 is 0 Å². The molecule has 1 unspecified atom stereocenters. The van der Waals surface area contributed by atoms with Crippen LogP contribution in [0.3, 0.4) is 0 Å². The van der Waals surface area contributed by atoms with Gasteiger partial charge in [-0.3, -0.25) is 0 Å². The number of quaternary nitrogens is 1. The summed E-state index contributed by atoms with van der Waals surface area (Å²) in [6.07, 6.45) is 3.74. The fraction of sp³-hybridized carbons (Fsp3) is 0.385. The van der Waals surface area contributed by atoms with Crippen LogP contribution in [0.5, 0.6) is 11.5 Å². The Balaban J connectivity index is 1.87. The molecule has 1 aromatic heterocycles. The van der Waals surface area contributed by atoms with Crippen LogP contribution in [0.2, 0.25) is 0 Å². The number of aliphatic hydroxyl groups excluding tert-OH is 1. The van der Waals surface area contributed by atoms with Gasteiger partial charge in [-0.1, -0.05) is 63.0 Å². The Labute approximate surface area is 200 Å². The van der Waals surface area contributed by atoms with E-state index in [4.69, 9.17) is 4.84 Å². The Morgan fingerprint density at radius 3 is 2.32 bits per heavy atom. The van der Waals surface area contributed by atoms with Gasteiger partial charge < -0.3 is 15.1 Å². The van der Waals surface area contributed by atoms with Crippen LogP contribution in [0.1, 0.15) is 46.1 Å². The van der Waals surface area contributed by atoms with E-state index in [2.05, 4.69) is 47.9 Å². The van der Waals surface area contributed by atoms with E-state index in [0.29, 0.717) is 35.9 Å². The van der Waals surface area contributed by atoms with Crippen molar-refractivity contribution in [3.8, 4) is 34.3 Å². The summed E-state index contributed by atoms with van der Waals surface area (Å²) >= 11 is 0. The summed E-state index contributed by atoms with van der Waals surface area (Å²) in [7, 11) is 0. The zero-order valence-electron chi connectivity index (χ0n) is 20.2. The molecule has 3 aromatic rings. The molecule has 0 aliphatic heterocycles. The second-order valence-corrected chi connectivity index (χ2v) is 9.31. The topological polar surface area (TPSA) is 105 Å². The van der Waals surface area contributed by atoms with Gasteiger partial charge in [-0.15, -0.1) is 0 Å². The predicted molar refractivity (Wildman–Crippen MR) is 130 cm³/mol. The van der Waals surface area contributed by atoms with Crippen molar-refractivity contribution >= 4 is 6.41 Å². The number of aliphatic hydroxyl groups is 1. The van der Waals surface area contributed by atoms with Crippen molar-refractivity contribution in [3.05, 3.63) is 54.4 Å². The van der Waals surface area contributed by atoms with Crippen molar-refractivity contribution in [3.63, 3.8) is 0 Å². The summed E-state index contributed by atoms with van der Waals surface area (Å²) in [5.41, 5.74) is 2.53.